The zero-order valence-electron chi connectivity index (χ0n) is 10.9. The summed E-state index contributed by atoms with van der Waals surface area (Å²) in [6.45, 7) is 6.20. The van der Waals surface area contributed by atoms with Crippen molar-refractivity contribution >= 4 is 10.2 Å². The van der Waals surface area contributed by atoms with Gasteiger partial charge in [0, 0.05) is 25.7 Å². The molecule has 102 valence electrons. The molecule has 0 spiro atoms. The van der Waals surface area contributed by atoms with E-state index in [-0.39, 0.29) is 6.04 Å². The van der Waals surface area contributed by atoms with Gasteiger partial charge in [0.1, 0.15) is 0 Å². The number of rotatable bonds is 6. The van der Waals surface area contributed by atoms with Gasteiger partial charge < -0.3 is 5.73 Å². The largest absolute Gasteiger partial charge is 0.330 e. The van der Waals surface area contributed by atoms with Crippen LogP contribution in [0.25, 0.3) is 0 Å². The number of hydrogen-bond donors (Lipinski definition) is 1. The first kappa shape index (κ1) is 14.9. The van der Waals surface area contributed by atoms with Crippen molar-refractivity contribution in [2.75, 3.05) is 26.2 Å². The van der Waals surface area contributed by atoms with Gasteiger partial charge in [-0.3, -0.25) is 0 Å². The molecule has 0 unspecified atom stereocenters. The zero-order valence-corrected chi connectivity index (χ0v) is 11.7. The van der Waals surface area contributed by atoms with E-state index in [1.807, 2.05) is 13.8 Å². The Labute approximate surface area is 105 Å². The SMILES string of the molecule is CC(C)N(CCCN)S(=O)(=O)N1CCCCC1. The lowest BCUT2D eigenvalue weighted by atomic mass is 10.2. The summed E-state index contributed by atoms with van der Waals surface area (Å²) in [5.41, 5.74) is 5.46. The molecule has 6 heteroatoms. The van der Waals surface area contributed by atoms with Crippen LogP contribution in [0.1, 0.15) is 39.5 Å². The maximum absolute atomic E-state index is 12.4. The Kier molecular flexibility index (Phi) is 5.85. The lowest BCUT2D eigenvalue weighted by molar-refractivity contribution is 0.280. The van der Waals surface area contributed by atoms with Crippen LogP contribution in [0.3, 0.4) is 0 Å². The van der Waals surface area contributed by atoms with Crippen molar-refractivity contribution in [1.82, 2.24) is 8.61 Å². The van der Waals surface area contributed by atoms with Crippen LogP contribution in [0.2, 0.25) is 0 Å². The summed E-state index contributed by atoms with van der Waals surface area (Å²) >= 11 is 0. The topological polar surface area (TPSA) is 66.6 Å². The average Bonchev–Trinajstić information content (AvgIpc) is 2.30. The Morgan fingerprint density at radius 1 is 1.24 bits per heavy atom. The van der Waals surface area contributed by atoms with Crippen LogP contribution in [0.15, 0.2) is 0 Å². The summed E-state index contributed by atoms with van der Waals surface area (Å²) in [4.78, 5) is 0. The van der Waals surface area contributed by atoms with Crippen molar-refractivity contribution in [3.05, 3.63) is 0 Å². The predicted molar refractivity (Wildman–Crippen MR) is 69.9 cm³/mol. The van der Waals surface area contributed by atoms with Crippen LogP contribution in [0.5, 0.6) is 0 Å². The van der Waals surface area contributed by atoms with Gasteiger partial charge in [-0.05, 0) is 39.7 Å². The van der Waals surface area contributed by atoms with E-state index in [4.69, 9.17) is 5.73 Å². The Morgan fingerprint density at radius 2 is 1.82 bits per heavy atom. The molecule has 0 aromatic carbocycles. The van der Waals surface area contributed by atoms with Gasteiger partial charge in [-0.25, -0.2) is 0 Å². The molecule has 0 bridgehead atoms. The van der Waals surface area contributed by atoms with Gasteiger partial charge in [0.15, 0.2) is 0 Å². The zero-order chi connectivity index (χ0) is 12.9. The molecular formula is C11H25N3O2S. The molecule has 1 aliphatic rings. The maximum Gasteiger partial charge on any atom is 0.282 e. The van der Waals surface area contributed by atoms with E-state index in [0.717, 1.165) is 19.3 Å². The molecule has 5 nitrogen and oxygen atoms in total. The summed E-state index contributed by atoms with van der Waals surface area (Å²) in [7, 11) is -3.28. The van der Waals surface area contributed by atoms with Crippen LogP contribution in [-0.4, -0.2) is 49.2 Å². The van der Waals surface area contributed by atoms with Crippen LogP contribution in [0, 0.1) is 0 Å². The van der Waals surface area contributed by atoms with Gasteiger partial charge in [0.05, 0.1) is 0 Å². The van der Waals surface area contributed by atoms with Crippen molar-refractivity contribution < 1.29 is 8.42 Å². The van der Waals surface area contributed by atoms with Crippen molar-refractivity contribution in [2.45, 2.75) is 45.6 Å². The lowest BCUT2D eigenvalue weighted by Crippen LogP contribution is -2.49. The fraction of sp³-hybridized carbons (Fsp3) is 1.00. The number of nitrogens with zero attached hydrogens (tertiary/aromatic N) is 2. The van der Waals surface area contributed by atoms with Crippen molar-refractivity contribution in [3.8, 4) is 0 Å². The molecule has 0 saturated carbocycles. The van der Waals surface area contributed by atoms with Crippen LogP contribution in [0.4, 0.5) is 0 Å². The summed E-state index contributed by atoms with van der Waals surface area (Å²) in [5, 5.41) is 0. The van der Waals surface area contributed by atoms with Crippen molar-refractivity contribution in [3.63, 3.8) is 0 Å². The molecule has 0 amide bonds. The fourth-order valence-corrected chi connectivity index (χ4v) is 4.04. The summed E-state index contributed by atoms with van der Waals surface area (Å²) in [6, 6.07) is -0.00604. The smallest absolute Gasteiger partial charge is 0.282 e. The van der Waals surface area contributed by atoms with Gasteiger partial charge >= 0.3 is 0 Å². The second kappa shape index (κ2) is 6.68. The first-order chi connectivity index (χ1) is 8.00. The van der Waals surface area contributed by atoms with E-state index < -0.39 is 10.2 Å². The Hall–Kier alpha value is -0.170. The van der Waals surface area contributed by atoms with E-state index >= 15 is 0 Å². The first-order valence-corrected chi connectivity index (χ1v) is 7.87. The molecular weight excluding hydrogens is 238 g/mol. The molecule has 1 rings (SSSR count). The molecule has 2 N–H and O–H groups in total. The molecule has 0 aromatic heterocycles. The maximum atomic E-state index is 12.4. The monoisotopic (exact) mass is 263 g/mol. The summed E-state index contributed by atoms with van der Waals surface area (Å²) in [6.07, 6.45) is 3.80. The van der Waals surface area contributed by atoms with E-state index in [0.29, 0.717) is 32.6 Å². The average molecular weight is 263 g/mol. The molecule has 1 fully saturated rings. The van der Waals surface area contributed by atoms with Gasteiger partial charge in [0.2, 0.25) is 0 Å². The van der Waals surface area contributed by atoms with Crippen molar-refractivity contribution in [2.24, 2.45) is 5.73 Å². The lowest BCUT2D eigenvalue weighted by Gasteiger charge is -2.34. The molecule has 0 aliphatic carbocycles. The summed E-state index contributed by atoms with van der Waals surface area (Å²) in [5.74, 6) is 0. The third kappa shape index (κ3) is 3.91. The van der Waals surface area contributed by atoms with E-state index in [1.54, 1.807) is 8.61 Å². The quantitative estimate of drug-likeness (QED) is 0.770. The highest BCUT2D eigenvalue weighted by Gasteiger charge is 2.31. The second-order valence-electron chi connectivity index (χ2n) is 4.81. The highest BCUT2D eigenvalue weighted by atomic mass is 32.2. The molecule has 17 heavy (non-hydrogen) atoms. The highest BCUT2D eigenvalue weighted by molar-refractivity contribution is 7.86. The van der Waals surface area contributed by atoms with E-state index in [9.17, 15) is 8.42 Å². The van der Waals surface area contributed by atoms with Gasteiger partial charge in [-0.1, -0.05) is 6.42 Å². The predicted octanol–water partition coefficient (Wildman–Crippen LogP) is 0.776. The minimum Gasteiger partial charge on any atom is -0.330 e. The minimum atomic E-state index is -3.28. The second-order valence-corrected chi connectivity index (χ2v) is 6.70. The first-order valence-electron chi connectivity index (χ1n) is 6.47. The van der Waals surface area contributed by atoms with Gasteiger partial charge in [0.25, 0.3) is 10.2 Å². The Morgan fingerprint density at radius 3 is 2.29 bits per heavy atom. The van der Waals surface area contributed by atoms with Gasteiger partial charge in [-0.2, -0.15) is 17.0 Å². The molecule has 1 aliphatic heterocycles. The van der Waals surface area contributed by atoms with Crippen molar-refractivity contribution in [1.29, 1.82) is 0 Å². The van der Waals surface area contributed by atoms with Crippen LogP contribution >= 0.6 is 0 Å². The fourth-order valence-electron chi connectivity index (χ4n) is 2.13. The summed E-state index contributed by atoms with van der Waals surface area (Å²) < 4.78 is 28.1. The molecule has 1 saturated heterocycles. The molecule has 0 aromatic rings. The van der Waals surface area contributed by atoms with E-state index in [2.05, 4.69) is 0 Å². The highest BCUT2D eigenvalue weighted by Crippen LogP contribution is 2.18. The normalized spacial score (nSPS) is 19.1. The van der Waals surface area contributed by atoms with Gasteiger partial charge in [-0.15, -0.1) is 0 Å². The number of nitrogens with two attached hydrogens (primary N) is 1. The standard InChI is InChI=1S/C11H25N3O2S/c1-11(2)14(10-6-7-12)17(15,16)13-8-4-3-5-9-13/h11H,3-10,12H2,1-2H3. The number of hydrogen-bond acceptors (Lipinski definition) is 3. The Balaban J connectivity index is 2.75. The third-order valence-electron chi connectivity index (χ3n) is 3.10. The van der Waals surface area contributed by atoms with E-state index in [1.165, 1.54) is 0 Å². The number of piperidine rings is 1. The molecule has 0 atom stereocenters. The molecule has 1 heterocycles. The van der Waals surface area contributed by atoms with Crippen LogP contribution < -0.4 is 5.73 Å². The van der Waals surface area contributed by atoms with Crippen LogP contribution in [-0.2, 0) is 10.2 Å². The Bertz CT molecular complexity index is 311. The molecule has 0 radical (unpaired) electrons. The third-order valence-corrected chi connectivity index (χ3v) is 5.31. The minimum absolute atomic E-state index is 0.00604.